The van der Waals surface area contributed by atoms with E-state index in [1.807, 2.05) is 0 Å². The molecule has 0 saturated heterocycles. The molecule has 0 spiro atoms. The highest BCUT2D eigenvalue weighted by atomic mass is 35.5. The lowest BCUT2D eigenvalue weighted by Gasteiger charge is -2.40. The average molecular weight is 629 g/mol. The van der Waals surface area contributed by atoms with E-state index in [-0.39, 0.29) is 25.2 Å². The van der Waals surface area contributed by atoms with Crippen LogP contribution in [0.4, 0.5) is 13.2 Å². The van der Waals surface area contributed by atoms with Crippen LogP contribution in [0.5, 0.6) is 0 Å². The first-order valence-corrected chi connectivity index (χ1v) is 14.8. The van der Waals surface area contributed by atoms with Gasteiger partial charge in [-0.15, -0.1) is 0 Å². The van der Waals surface area contributed by atoms with Gasteiger partial charge >= 0.3 is 12.1 Å². The van der Waals surface area contributed by atoms with Crippen LogP contribution in [0.15, 0.2) is 27.1 Å². The van der Waals surface area contributed by atoms with Crippen LogP contribution < -0.4 is 0 Å². The van der Waals surface area contributed by atoms with Gasteiger partial charge in [-0.3, -0.25) is 4.79 Å². The third-order valence-corrected chi connectivity index (χ3v) is 9.18. The van der Waals surface area contributed by atoms with Crippen LogP contribution in [-0.2, 0) is 39.1 Å². The Morgan fingerprint density at radius 2 is 1.81 bits per heavy atom. The molecule has 0 aliphatic heterocycles. The summed E-state index contributed by atoms with van der Waals surface area (Å²) in [6, 6.07) is 5.20. The molecule has 8 nitrogen and oxygen atoms in total. The molecule has 3 aliphatic rings. The molecule has 0 amide bonds. The quantitative estimate of drug-likeness (QED) is 0.247. The van der Waals surface area contributed by atoms with Crippen molar-refractivity contribution in [2.45, 2.75) is 82.3 Å². The molecule has 0 radical (unpaired) electrons. The number of oxazole rings is 1. The third kappa shape index (κ3) is 5.33. The molecule has 226 valence electrons. The van der Waals surface area contributed by atoms with Gasteiger partial charge in [-0.05, 0) is 69.4 Å². The molecule has 1 aromatic carbocycles. The maximum Gasteiger partial charge on any atom is 0.451 e. The summed E-state index contributed by atoms with van der Waals surface area (Å²) in [6.45, 7) is 1.75. The maximum absolute atomic E-state index is 13.8. The zero-order chi connectivity index (χ0) is 29.8. The number of alkyl halides is 3. The van der Waals surface area contributed by atoms with Crippen molar-refractivity contribution in [3.63, 3.8) is 0 Å². The minimum atomic E-state index is -4.89. The van der Waals surface area contributed by atoms with E-state index in [0.717, 1.165) is 24.2 Å². The number of halogens is 5. The third-order valence-electron chi connectivity index (χ3n) is 8.55. The van der Waals surface area contributed by atoms with E-state index in [0.29, 0.717) is 47.0 Å². The summed E-state index contributed by atoms with van der Waals surface area (Å²) in [5.74, 6) is -2.56. The molecular formula is C29H29Cl2F3N2O6. The van der Waals surface area contributed by atoms with Gasteiger partial charge in [0.15, 0.2) is 0 Å². The van der Waals surface area contributed by atoms with E-state index in [2.05, 4.69) is 10.1 Å². The number of esters is 1. The molecule has 3 saturated carbocycles. The van der Waals surface area contributed by atoms with Gasteiger partial charge in [-0.25, -0.2) is 4.98 Å². The molecule has 6 rings (SSSR count). The van der Waals surface area contributed by atoms with Crippen molar-refractivity contribution in [2.24, 2.45) is 11.8 Å². The number of rotatable bonds is 9. The topological polar surface area (TPSA) is 108 Å². The van der Waals surface area contributed by atoms with Crippen LogP contribution in [0.25, 0.3) is 11.3 Å². The molecule has 2 aromatic heterocycles. The van der Waals surface area contributed by atoms with Crippen molar-refractivity contribution in [3.8, 4) is 11.3 Å². The Balaban J connectivity index is 1.22. The summed E-state index contributed by atoms with van der Waals surface area (Å²) in [6.07, 6.45) is -2.01. The number of carbonyl (C=O) groups excluding carboxylic acids is 1. The number of nitrogens with zero attached hydrogens (tertiary/aromatic N) is 2. The Hall–Kier alpha value is -2.60. The number of hydrogen-bond acceptors (Lipinski definition) is 8. The lowest BCUT2D eigenvalue weighted by Crippen LogP contribution is -2.44. The van der Waals surface area contributed by atoms with E-state index >= 15 is 0 Å². The van der Waals surface area contributed by atoms with Crippen molar-refractivity contribution >= 4 is 29.2 Å². The van der Waals surface area contributed by atoms with Gasteiger partial charge in [0.25, 0.3) is 0 Å². The Morgan fingerprint density at radius 3 is 2.40 bits per heavy atom. The number of benzene rings is 1. The second-order valence-corrected chi connectivity index (χ2v) is 12.0. The molecule has 13 heteroatoms. The second kappa shape index (κ2) is 11.2. The molecule has 2 heterocycles. The van der Waals surface area contributed by atoms with Crippen LogP contribution in [0, 0.1) is 11.8 Å². The standard InChI is InChI=1S/C29H29Cl2F3N2O6/c1-2-39-22(37)12-21-26(29(32,33)34)41-27(35-21)28(38)15-8-9-16(28)11-17(10-15)40-13-18-24(36-42-25(18)14-6-7-14)23-19(30)4-3-5-20(23)31/h3-5,14-17,38H,2,6-13H2,1H3. The molecule has 1 N–H and O–H groups in total. The zero-order valence-corrected chi connectivity index (χ0v) is 24.2. The molecule has 3 aliphatic carbocycles. The first kappa shape index (κ1) is 29.5. The van der Waals surface area contributed by atoms with Gasteiger partial charge in [0.05, 0.1) is 35.8 Å². The lowest BCUT2D eigenvalue weighted by atomic mass is 9.73. The van der Waals surface area contributed by atoms with Gasteiger partial charge in [0.1, 0.15) is 22.7 Å². The van der Waals surface area contributed by atoms with Gasteiger partial charge in [0.2, 0.25) is 11.7 Å². The number of hydrogen-bond donors (Lipinski definition) is 1. The highest BCUT2D eigenvalue weighted by Crippen LogP contribution is 2.56. The molecule has 3 aromatic rings. The molecule has 2 bridgehead atoms. The first-order chi connectivity index (χ1) is 20.0. The summed E-state index contributed by atoms with van der Waals surface area (Å²) < 4.78 is 63.4. The second-order valence-electron chi connectivity index (χ2n) is 11.2. The minimum Gasteiger partial charge on any atom is -0.466 e. The maximum atomic E-state index is 13.8. The molecule has 42 heavy (non-hydrogen) atoms. The number of ether oxygens (including phenoxy) is 2. The Labute approximate surface area is 249 Å². The van der Waals surface area contributed by atoms with Crippen molar-refractivity contribution in [3.05, 3.63) is 56.9 Å². The van der Waals surface area contributed by atoms with Gasteiger partial charge in [-0.2, -0.15) is 13.2 Å². The minimum absolute atomic E-state index is 0.0182. The Kier molecular flexibility index (Phi) is 7.83. The van der Waals surface area contributed by atoms with E-state index in [1.54, 1.807) is 25.1 Å². The van der Waals surface area contributed by atoms with E-state index in [1.165, 1.54) is 0 Å². The lowest BCUT2D eigenvalue weighted by molar-refractivity contribution is -0.161. The van der Waals surface area contributed by atoms with E-state index in [4.69, 9.17) is 41.6 Å². The number of fused-ring (bicyclic) bond motifs is 2. The Bertz CT molecular complexity index is 1450. The summed E-state index contributed by atoms with van der Waals surface area (Å²) in [7, 11) is 0. The van der Waals surface area contributed by atoms with E-state index in [9.17, 15) is 23.1 Å². The zero-order valence-electron chi connectivity index (χ0n) is 22.7. The summed E-state index contributed by atoms with van der Waals surface area (Å²) in [5.41, 5.74) is -0.438. The van der Waals surface area contributed by atoms with E-state index < -0.39 is 53.3 Å². The number of aliphatic hydroxyl groups is 1. The van der Waals surface area contributed by atoms with Crippen LogP contribution in [-0.4, -0.2) is 33.9 Å². The molecular weight excluding hydrogens is 600 g/mol. The normalized spacial score (nSPS) is 25.6. The van der Waals surface area contributed by atoms with Crippen molar-refractivity contribution in [1.29, 1.82) is 0 Å². The predicted molar refractivity (Wildman–Crippen MR) is 144 cm³/mol. The SMILES string of the molecule is CCOC(=O)Cc1nc(C2(O)C3CCC2CC(OCc2c(-c4c(Cl)cccc4Cl)noc2C2CC2)C3)oc1C(F)(F)F. The first-order valence-electron chi connectivity index (χ1n) is 14.0. The van der Waals surface area contributed by atoms with Gasteiger partial charge in [-0.1, -0.05) is 34.4 Å². The monoisotopic (exact) mass is 628 g/mol. The van der Waals surface area contributed by atoms with Crippen molar-refractivity contribution < 1.29 is 41.5 Å². The van der Waals surface area contributed by atoms with Gasteiger partial charge in [0, 0.05) is 17.0 Å². The fourth-order valence-corrected chi connectivity index (χ4v) is 7.03. The smallest absolute Gasteiger partial charge is 0.451 e. The molecule has 3 fully saturated rings. The average Bonchev–Trinajstić information content (AvgIpc) is 3.51. The Morgan fingerprint density at radius 1 is 1.14 bits per heavy atom. The molecule has 2 unspecified atom stereocenters. The summed E-state index contributed by atoms with van der Waals surface area (Å²) >= 11 is 12.9. The molecule has 2 atom stereocenters. The highest BCUT2D eigenvalue weighted by molar-refractivity contribution is 6.39. The largest absolute Gasteiger partial charge is 0.466 e. The highest BCUT2D eigenvalue weighted by Gasteiger charge is 2.58. The fraction of sp³-hybridized carbons (Fsp3) is 0.552. The van der Waals surface area contributed by atoms with Crippen LogP contribution >= 0.6 is 23.2 Å². The number of carbonyl (C=O) groups is 1. The predicted octanol–water partition coefficient (Wildman–Crippen LogP) is 7.23. The summed E-state index contributed by atoms with van der Waals surface area (Å²) in [4.78, 5) is 16.0. The van der Waals surface area contributed by atoms with Crippen LogP contribution in [0.1, 0.15) is 80.0 Å². The fourth-order valence-electron chi connectivity index (χ4n) is 6.45. The number of aromatic nitrogens is 2. The van der Waals surface area contributed by atoms with Gasteiger partial charge < -0.3 is 23.5 Å². The summed E-state index contributed by atoms with van der Waals surface area (Å²) in [5, 5.41) is 16.9. The van der Waals surface area contributed by atoms with Crippen LogP contribution in [0.2, 0.25) is 10.0 Å². The van der Waals surface area contributed by atoms with Crippen molar-refractivity contribution in [1.82, 2.24) is 10.1 Å². The van der Waals surface area contributed by atoms with Crippen LogP contribution in [0.3, 0.4) is 0 Å². The van der Waals surface area contributed by atoms with Crippen molar-refractivity contribution in [2.75, 3.05) is 6.61 Å².